The van der Waals surface area contributed by atoms with Gasteiger partial charge in [-0.3, -0.25) is 0 Å². The van der Waals surface area contributed by atoms with Crippen LogP contribution in [0.2, 0.25) is 0 Å². The predicted molar refractivity (Wildman–Crippen MR) is 57.9 cm³/mol. The monoisotopic (exact) mass is 178 g/mol. The molecule has 0 aliphatic heterocycles. The molecule has 0 amide bonds. The molecular weight excluding hydrogens is 164 g/mol. The van der Waals surface area contributed by atoms with Gasteiger partial charge in [-0.25, -0.2) is 0 Å². The molecule has 12 heavy (non-hydrogen) atoms. The Bertz CT molecular complexity index is 276. The van der Waals surface area contributed by atoms with E-state index in [0.717, 1.165) is 12.8 Å². The van der Waals surface area contributed by atoms with Crippen LogP contribution >= 0.6 is 12.2 Å². The van der Waals surface area contributed by atoms with E-state index in [-0.39, 0.29) is 0 Å². The largest absolute Gasteiger partial charge is 0.0931 e. The van der Waals surface area contributed by atoms with Gasteiger partial charge in [0.05, 0.1) is 0 Å². The Morgan fingerprint density at radius 2 is 2.17 bits per heavy atom. The molecule has 1 heteroatoms. The van der Waals surface area contributed by atoms with Crippen LogP contribution in [0.15, 0.2) is 18.2 Å². The first-order chi connectivity index (χ1) is 5.79. The zero-order valence-electron chi connectivity index (χ0n) is 7.63. The van der Waals surface area contributed by atoms with Gasteiger partial charge in [-0.1, -0.05) is 37.3 Å². The summed E-state index contributed by atoms with van der Waals surface area (Å²) in [5, 5.41) is 1.80. The summed E-state index contributed by atoms with van der Waals surface area (Å²) in [6, 6.07) is 6.42. The van der Waals surface area contributed by atoms with E-state index in [9.17, 15) is 0 Å². The molecule has 1 aromatic carbocycles. The van der Waals surface area contributed by atoms with Crippen molar-refractivity contribution < 1.29 is 0 Å². The highest BCUT2D eigenvalue weighted by Crippen LogP contribution is 2.14. The second kappa shape index (κ2) is 4.36. The van der Waals surface area contributed by atoms with Gasteiger partial charge in [-0.2, -0.15) is 0 Å². The summed E-state index contributed by atoms with van der Waals surface area (Å²) < 4.78 is 0. The second-order valence-corrected chi connectivity index (χ2v) is 3.27. The molecule has 1 aromatic rings. The molecule has 64 valence electrons. The van der Waals surface area contributed by atoms with Gasteiger partial charge in [0.2, 0.25) is 0 Å². The van der Waals surface area contributed by atoms with E-state index in [1.165, 1.54) is 16.7 Å². The number of benzene rings is 1. The lowest BCUT2D eigenvalue weighted by atomic mass is 9.98. The normalized spacial score (nSPS) is 9.83. The van der Waals surface area contributed by atoms with E-state index in [1.54, 1.807) is 5.37 Å². The molecule has 0 aromatic heterocycles. The van der Waals surface area contributed by atoms with Gasteiger partial charge in [-0.15, -0.1) is 0 Å². The van der Waals surface area contributed by atoms with Crippen LogP contribution in [0.4, 0.5) is 0 Å². The first kappa shape index (κ1) is 9.40. The third-order valence-electron chi connectivity index (χ3n) is 2.16. The van der Waals surface area contributed by atoms with Crippen molar-refractivity contribution in [3.63, 3.8) is 0 Å². The summed E-state index contributed by atoms with van der Waals surface area (Å²) in [4.78, 5) is 0. The van der Waals surface area contributed by atoms with Crippen molar-refractivity contribution in [3.05, 3.63) is 34.9 Å². The zero-order valence-corrected chi connectivity index (χ0v) is 8.45. The van der Waals surface area contributed by atoms with Gasteiger partial charge < -0.3 is 0 Å². The maximum Gasteiger partial charge on any atom is 0.00106 e. The smallest absolute Gasteiger partial charge is 0.00106 e. The maximum absolute atomic E-state index is 4.86. The number of hydrogen-bond acceptors (Lipinski definition) is 1. The van der Waals surface area contributed by atoms with Gasteiger partial charge in [0.15, 0.2) is 0 Å². The van der Waals surface area contributed by atoms with Gasteiger partial charge in [0.1, 0.15) is 0 Å². The van der Waals surface area contributed by atoms with Crippen molar-refractivity contribution in [1.29, 1.82) is 0 Å². The summed E-state index contributed by atoms with van der Waals surface area (Å²) in [5.41, 5.74) is 4.22. The lowest BCUT2D eigenvalue weighted by molar-refractivity contribution is 1.07. The van der Waals surface area contributed by atoms with Crippen LogP contribution in [0, 0.1) is 6.92 Å². The van der Waals surface area contributed by atoms with Crippen LogP contribution < -0.4 is 0 Å². The molecule has 0 fully saturated rings. The van der Waals surface area contributed by atoms with Crippen LogP contribution in [0.5, 0.6) is 0 Å². The topological polar surface area (TPSA) is 0 Å². The molecule has 0 spiro atoms. The lowest BCUT2D eigenvalue weighted by Gasteiger charge is -2.07. The molecule has 0 unspecified atom stereocenters. The molecule has 0 aliphatic rings. The highest BCUT2D eigenvalue weighted by molar-refractivity contribution is 7.78. The molecular formula is C11H14S. The summed E-state index contributed by atoms with van der Waals surface area (Å²) in [5.74, 6) is 0. The first-order valence-corrected chi connectivity index (χ1v) is 4.77. The van der Waals surface area contributed by atoms with E-state index in [4.69, 9.17) is 12.2 Å². The fraction of sp³-hybridized carbons (Fsp3) is 0.364. The van der Waals surface area contributed by atoms with Gasteiger partial charge in [0.25, 0.3) is 0 Å². The quantitative estimate of drug-likeness (QED) is 0.641. The lowest BCUT2D eigenvalue weighted by Crippen LogP contribution is -1.95. The number of thiocarbonyl (C=S) groups is 1. The third-order valence-corrected chi connectivity index (χ3v) is 2.33. The fourth-order valence-electron chi connectivity index (χ4n) is 1.55. The van der Waals surface area contributed by atoms with E-state index in [2.05, 4.69) is 32.0 Å². The standard InChI is InChI=1S/C11H14S/c1-3-11-9(2)5-4-6-10(11)7-8-12/h4-6,8H,3,7H2,1-2H3. The molecule has 0 N–H and O–H groups in total. The van der Waals surface area contributed by atoms with Gasteiger partial charge >= 0.3 is 0 Å². The zero-order chi connectivity index (χ0) is 8.97. The SMILES string of the molecule is CCc1c(C)cccc1CC=S. The number of hydrogen-bond donors (Lipinski definition) is 0. The molecule has 1 rings (SSSR count). The van der Waals surface area contributed by atoms with Gasteiger partial charge in [0, 0.05) is 6.42 Å². The molecule has 0 saturated heterocycles. The van der Waals surface area contributed by atoms with Crippen molar-refractivity contribution in [1.82, 2.24) is 0 Å². The third kappa shape index (κ3) is 1.92. The van der Waals surface area contributed by atoms with Gasteiger partial charge in [-0.05, 0) is 35.4 Å². The van der Waals surface area contributed by atoms with Crippen LogP contribution in [0.1, 0.15) is 23.6 Å². The Morgan fingerprint density at radius 3 is 2.75 bits per heavy atom. The van der Waals surface area contributed by atoms with E-state index in [1.807, 2.05) is 0 Å². The minimum atomic E-state index is 0.917. The molecule has 0 heterocycles. The number of aryl methyl sites for hydroxylation is 1. The molecule has 0 aliphatic carbocycles. The Labute approximate surface area is 79.6 Å². The van der Waals surface area contributed by atoms with Crippen LogP contribution in [-0.2, 0) is 12.8 Å². The highest BCUT2D eigenvalue weighted by Gasteiger charge is 2.00. The molecule has 0 saturated carbocycles. The predicted octanol–water partition coefficient (Wildman–Crippen LogP) is 3.10. The van der Waals surface area contributed by atoms with Crippen molar-refractivity contribution in [2.75, 3.05) is 0 Å². The Morgan fingerprint density at radius 1 is 1.42 bits per heavy atom. The highest BCUT2D eigenvalue weighted by atomic mass is 32.1. The Hall–Kier alpha value is -0.690. The molecule has 0 radical (unpaired) electrons. The molecule has 0 bridgehead atoms. The van der Waals surface area contributed by atoms with Crippen molar-refractivity contribution in [2.45, 2.75) is 26.7 Å². The van der Waals surface area contributed by atoms with Crippen LogP contribution in [0.3, 0.4) is 0 Å². The second-order valence-electron chi connectivity index (χ2n) is 2.94. The minimum absolute atomic E-state index is 0.917. The Kier molecular flexibility index (Phi) is 3.42. The van der Waals surface area contributed by atoms with Crippen molar-refractivity contribution >= 4 is 17.6 Å². The van der Waals surface area contributed by atoms with E-state index in [0.29, 0.717) is 0 Å². The average molecular weight is 178 g/mol. The summed E-state index contributed by atoms with van der Waals surface area (Å²) in [6.07, 6.45) is 2.02. The van der Waals surface area contributed by atoms with Crippen LogP contribution in [-0.4, -0.2) is 5.37 Å². The number of rotatable bonds is 3. The average Bonchev–Trinajstić information content (AvgIpc) is 2.05. The minimum Gasteiger partial charge on any atom is -0.0931 e. The first-order valence-electron chi connectivity index (χ1n) is 4.30. The van der Waals surface area contributed by atoms with Crippen LogP contribution in [0.25, 0.3) is 0 Å². The molecule has 0 nitrogen and oxygen atoms in total. The van der Waals surface area contributed by atoms with Crippen molar-refractivity contribution in [3.8, 4) is 0 Å². The fourth-order valence-corrected chi connectivity index (χ4v) is 1.73. The Balaban J connectivity index is 3.08. The summed E-state index contributed by atoms with van der Waals surface area (Å²) in [7, 11) is 0. The summed E-state index contributed by atoms with van der Waals surface area (Å²) >= 11 is 4.86. The molecule has 0 atom stereocenters. The van der Waals surface area contributed by atoms with Crippen molar-refractivity contribution in [2.24, 2.45) is 0 Å². The van der Waals surface area contributed by atoms with E-state index < -0.39 is 0 Å². The maximum atomic E-state index is 4.86. The summed E-state index contributed by atoms with van der Waals surface area (Å²) in [6.45, 7) is 4.35. The van der Waals surface area contributed by atoms with E-state index >= 15 is 0 Å².